The molecule has 0 atom stereocenters. The van der Waals surface area contributed by atoms with Crippen molar-refractivity contribution in [1.82, 2.24) is 0 Å². The molecule has 0 fully saturated rings. The number of ketones is 1. The quantitative estimate of drug-likeness (QED) is 0.648. The molecule has 0 aromatic heterocycles. The summed E-state index contributed by atoms with van der Waals surface area (Å²) in [6.07, 6.45) is -0.452. The second kappa shape index (κ2) is 4.45. The van der Waals surface area contributed by atoms with E-state index in [4.69, 9.17) is 10.2 Å². The molecule has 0 aliphatic heterocycles. The second-order valence-electron chi connectivity index (χ2n) is 3.02. The smallest absolute Gasteiger partial charge is 0.303 e. The zero-order chi connectivity index (χ0) is 11.4. The van der Waals surface area contributed by atoms with E-state index in [0.29, 0.717) is 0 Å². The summed E-state index contributed by atoms with van der Waals surface area (Å²) in [5.74, 6) is -2.02. The van der Waals surface area contributed by atoms with Crippen LogP contribution in [0.3, 0.4) is 0 Å². The molecule has 5 nitrogen and oxygen atoms in total. The van der Waals surface area contributed by atoms with E-state index in [-0.39, 0.29) is 29.9 Å². The van der Waals surface area contributed by atoms with Crippen LogP contribution in [-0.2, 0) is 4.79 Å². The molecule has 0 amide bonds. The summed E-state index contributed by atoms with van der Waals surface area (Å²) in [6.45, 7) is 0. The van der Waals surface area contributed by atoms with Crippen molar-refractivity contribution in [3.05, 3.63) is 23.8 Å². The van der Waals surface area contributed by atoms with Crippen molar-refractivity contribution in [2.75, 3.05) is 0 Å². The Kier molecular flexibility index (Phi) is 3.28. The third-order valence-corrected chi connectivity index (χ3v) is 1.85. The number of phenolic OH excluding ortho intramolecular Hbond substituents is 2. The fourth-order valence-corrected chi connectivity index (χ4v) is 1.11. The van der Waals surface area contributed by atoms with Crippen molar-refractivity contribution in [1.29, 1.82) is 0 Å². The fraction of sp³-hybridized carbons (Fsp3) is 0.200. The SMILES string of the molecule is O=C(O)CCC(=O)c1ccc(O)cc1O. The van der Waals surface area contributed by atoms with Gasteiger partial charge in [0, 0.05) is 12.5 Å². The summed E-state index contributed by atoms with van der Waals surface area (Å²) in [4.78, 5) is 21.6. The van der Waals surface area contributed by atoms with Crippen LogP contribution in [0.25, 0.3) is 0 Å². The fourth-order valence-electron chi connectivity index (χ4n) is 1.11. The van der Waals surface area contributed by atoms with E-state index in [2.05, 4.69) is 0 Å². The Hall–Kier alpha value is -2.04. The molecule has 0 unspecified atom stereocenters. The molecule has 0 aliphatic rings. The molecule has 0 aliphatic carbocycles. The standard InChI is InChI=1S/C10H10O5/c11-6-1-2-7(9(13)5-6)8(12)3-4-10(14)15/h1-2,5,11,13H,3-4H2,(H,14,15). The lowest BCUT2D eigenvalue weighted by Crippen LogP contribution is -2.03. The lowest BCUT2D eigenvalue weighted by atomic mass is 10.1. The Morgan fingerprint density at radius 3 is 2.33 bits per heavy atom. The van der Waals surface area contributed by atoms with Gasteiger partial charge in [0.05, 0.1) is 12.0 Å². The highest BCUT2D eigenvalue weighted by Gasteiger charge is 2.12. The molecule has 0 bridgehead atoms. The minimum atomic E-state index is -1.07. The zero-order valence-electron chi connectivity index (χ0n) is 7.80. The van der Waals surface area contributed by atoms with Gasteiger partial charge in [-0.15, -0.1) is 0 Å². The number of carboxylic acid groups (broad SMARTS) is 1. The van der Waals surface area contributed by atoms with Gasteiger partial charge in [0.15, 0.2) is 5.78 Å². The van der Waals surface area contributed by atoms with Crippen molar-refractivity contribution >= 4 is 11.8 Å². The number of aliphatic carboxylic acids is 1. The molecule has 1 aromatic rings. The molecular weight excluding hydrogens is 200 g/mol. The van der Waals surface area contributed by atoms with Gasteiger partial charge in [0.25, 0.3) is 0 Å². The van der Waals surface area contributed by atoms with Crippen LogP contribution in [0.2, 0.25) is 0 Å². The van der Waals surface area contributed by atoms with Crippen molar-refractivity contribution in [2.45, 2.75) is 12.8 Å². The number of phenols is 2. The van der Waals surface area contributed by atoms with Crippen LogP contribution >= 0.6 is 0 Å². The van der Waals surface area contributed by atoms with E-state index < -0.39 is 11.8 Å². The van der Waals surface area contributed by atoms with Gasteiger partial charge in [0.2, 0.25) is 0 Å². The maximum absolute atomic E-state index is 11.4. The molecule has 0 saturated carbocycles. The Bertz CT molecular complexity index is 397. The van der Waals surface area contributed by atoms with E-state index in [1.54, 1.807) is 0 Å². The van der Waals surface area contributed by atoms with Crippen LogP contribution in [0, 0.1) is 0 Å². The zero-order valence-corrected chi connectivity index (χ0v) is 7.80. The molecule has 1 aromatic carbocycles. The lowest BCUT2D eigenvalue weighted by Gasteiger charge is -2.02. The molecule has 0 heterocycles. The van der Waals surface area contributed by atoms with Crippen molar-refractivity contribution in [2.24, 2.45) is 0 Å². The van der Waals surface area contributed by atoms with Gasteiger partial charge < -0.3 is 15.3 Å². The van der Waals surface area contributed by atoms with E-state index in [1.807, 2.05) is 0 Å². The Balaban J connectivity index is 2.78. The number of hydrogen-bond donors (Lipinski definition) is 3. The largest absolute Gasteiger partial charge is 0.508 e. The van der Waals surface area contributed by atoms with Crippen LogP contribution in [-0.4, -0.2) is 27.1 Å². The molecule has 15 heavy (non-hydrogen) atoms. The van der Waals surface area contributed by atoms with Gasteiger partial charge in [-0.25, -0.2) is 0 Å². The molecule has 0 radical (unpaired) electrons. The Labute approximate surface area is 85.6 Å². The summed E-state index contributed by atoms with van der Waals surface area (Å²) in [5, 5.41) is 26.6. The molecule has 3 N–H and O–H groups in total. The molecular formula is C10H10O5. The summed E-state index contributed by atoms with van der Waals surface area (Å²) < 4.78 is 0. The first-order valence-electron chi connectivity index (χ1n) is 4.27. The highest BCUT2D eigenvalue weighted by molar-refractivity contribution is 5.99. The van der Waals surface area contributed by atoms with Gasteiger partial charge in [-0.2, -0.15) is 0 Å². The first-order chi connectivity index (χ1) is 7.00. The monoisotopic (exact) mass is 210 g/mol. The van der Waals surface area contributed by atoms with Crippen LogP contribution < -0.4 is 0 Å². The van der Waals surface area contributed by atoms with Gasteiger partial charge in [-0.3, -0.25) is 9.59 Å². The van der Waals surface area contributed by atoms with E-state index in [9.17, 15) is 14.7 Å². The summed E-state index contributed by atoms with van der Waals surface area (Å²) in [7, 11) is 0. The number of carbonyl (C=O) groups is 2. The van der Waals surface area contributed by atoms with Crippen LogP contribution in [0.15, 0.2) is 18.2 Å². The minimum absolute atomic E-state index is 0.0223. The summed E-state index contributed by atoms with van der Waals surface area (Å²) in [5.41, 5.74) is 0.0223. The van der Waals surface area contributed by atoms with Crippen LogP contribution in [0.4, 0.5) is 0 Å². The lowest BCUT2D eigenvalue weighted by molar-refractivity contribution is -0.136. The average molecular weight is 210 g/mol. The van der Waals surface area contributed by atoms with Gasteiger partial charge in [-0.05, 0) is 12.1 Å². The number of carbonyl (C=O) groups excluding carboxylic acids is 1. The minimum Gasteiger partial charge on any atom is -0.508 e. The normalized spacial score (nSPS) is 9.87. The third kappa shape index (κ3) is 2.98. The number of rotatable bonds is 4. The number of carboxylic acids is 1. The number of Topliss-reactive ketones (excluding diaryl/α,β-unsaturated/α-hetero) is 1. The molecule has 1 rings (SSSR count). The number of aromatic hydroxyl groups is 2. The van der Waals surface area contributed by atoms with E-state index in [0.717, 1.165) is 6.07 Å². The van der Waals surface area contributed by atoms with Crippen LogP contribution in [0.5, 0.6) is 11.5 Å². The van der Waals surface area contributed by atoms with E-state index in [1.165, 1.54) is 12.1 Å². The molecule has 0 spiro atoms. The van der Waals surface area contributed by atoms with Crippen molar-refractivity contribution in [3.63, 3.8) is 0 Å². The first kappa shape index (κ1) is 11.0. The van der Waals surface area contributed by atoms with Crippen molar-refractivity contribution < 1.29 is 24.9 Å². The van der Waals surface area contributed by atoms with Gasteiger partial charge in [0.1, 0.15) is 11.5 Å². The number of hydrogen-bond acceptors (Lipinski definition) is 4. The topological polar surface area (TPSA) is 94.8 Å². The molecule has 80 valence electrons. The molecule has 0 saturated heterocycles. The highest BCUT2D eigenvalue weighted by Crippen LogP contribution is 2.23. The van der Waals surface area contributed by atoms with Crippen molar-refractivity contribution in [3.8, 4) is 11.5 Å². The third-order valence-electron chi connectivity index (χ3n) is 1.85. The van der Waals surface area contributed by atoms with E-state index >= 15 is 0 Å². The maximum Gasteiger partial charge on any atom is 0.303 e. The molecule has 5 heteroatoms. The predicted octanol–water partition coefficient (Wildman–Crippen LogP) is 1.15. The average Bonchev–Trinajstić information content (AvgIpc) is 2.14. The Morgan fingerprint density at radius 2 is 1.80 bits per heavy atom. The predicted molar refractivity (Wildman–Crippen MR) is 51.0 cm³/mol. The van der Waals surface area contributed by atoms with Crippen LogP contribution in [0.1, 0.15) is 23.2 Å². The second-order valence-corrected chi connectivity index (χ2v) is 3.02. The van der Waals surface area contributed by atoms with Gasteiger partial charge >= 0.3 is 5.97 Å². The highest BCUT2D eigenvalue weighted by atomic mass is 16.4. The maximum atomic E-state index is 11.4. The Morgan fingerprint density at radius 1 is 1.13 bits per heavy atom. The summed E-state index contributed by atoms with van der Waals surface area (Å²) >= 11 is 0. The summed E-state index contributed by atoms with van der Waals surface area (Å²) in [6, 6.07) is 3.55. The first-order valence-corrected chi connectivity index (χ1v) is 4.27. The number of benzene rings is 1. The van der Waals surface area contributed by atoms with Gasteiger partial charge in [-0.1, -0.05) is 0 Å².